The van der Waals surface area contributed by atoms with Crippen LogP contribution in [0.4, 0.5) is 5.69 Å². The standard InChI is InChI=1S/C24H30BrN3O3S/c25-22-7-3-20(4-8-22)18-32(30,31)28-15-11-21(12-16-28)24(29)26-17-19-5-9-23(10-6-19)27-13-1-2-14-27/h3-10,21H,1-2,11-18H2,(H,26,29). The molecule has 0 saturated carbocycles. The molecule has 32 heavy (non-hydrogen) atoms. The Morgan fingerprint density at radius 3 is 2.12 bits per heavy atom. The molecule has 8 heteroatoms. The highest BCUT2D eigenvalue weighted by Crippen LogP contribution is 2.23. The van der Waals surface area contributed by atoms with E-state index < -0.39 is 10.0 Å². The number of rotatable bonds is 7. The summed E-state index contributed by atoms with van der Waals surface area (Å²) in [5, 5.41) is 3.03. The number of anilines is 1. The quantitative estimate of drug-likeness (QED) is 0.601. The van der Waals surface area contributed by atoms with Crippen LogP contribution in [-0.4, -0.2) is 44.8 Å². The lowest BCUT2D eigenvalue weighted by Crippen LogP contribution is -2.43. The SMILES string of the molecule is O=C(NCc1ccc(N2CCCC2)cc1)C1CCN(S(=O)(=O)Cc2ccc(Br)cc2)CC1. The number of nitrogens with one attached hydrogen (secondary N) is 1. The van der Waals surface area contributed by atoms with Crippen LogP contribution in [0, 0.1) is 5.92 Å². The number of carbonyl (C=O) groups is 1. The van der Waals surface area contributed by atoms with Gasteiger partial charge in [0.2, 0.25) is 15.9 Å². The number of hydrogen-bond donors (Lipinski definition) is 1. The van der Waals surface area contributed by atoms with Crippen molar-refractivity contribution >= 4 is 37.5 Å². The number of hydrogen-bond acceptors (Lipinski definition) is 4. The number of piperidine rings is 1. The van der Waals surface area contributed by atoms with Gasteiger partial charge in [-0.1, -0.05) is 40.2 Å². The molecule has 0 radical (unpaired) electrons. The molecule has 0 atom stereocenters. The van der Waals surface area contributed by atoms with Gasteiger partial charge in [-0.05, 0) is 61.1 Å². The molecule has 0 aromatic heterocycles. The minimum atomic E-state index is -3.38. The predicted octanol–water partition coefficient (Wildman–Crippen LogP) is 3.91. The van der Waals surface area contributed by atoms with Gasteiger partial charge in [0.25, 0.3) is 0 Å². The van der Waals surface area contributed by atoms with Crippen LogP contribution < -0.4 is 10.2 Å². The summed E-state index contributed by atoms with van der Waals surface area (Å²) in [5.41, 5.74) is 3.09. The second-order valence-electron chi connectivity index (χ2n) is 8.63. The highest BCUT2D eigenvalue weighted by molar-refractivity contribution is 9.10. The van der Waals surface area contributed by atoms with E-state index in [9.17, 15) is 13.2 Å². The van der Waals surface area contributed by atoms with E-state index in [0.29, 0.717) is 32.5 Å². The van der Waals surface area contributed by atoms with Crippen LogP contribution in [0.15, 0.2) is 53.0 Å². The van der Waals surface area contributed by atoms with Gasteiger partial charge in [-0.15, -0.1) is 0 Å². The van der Waals surface area contributed by atoms with Crippen LogP contribution in [0.1, 0.15) is 36.8 Å². The van der Waals surface area contributed by atoms with Crippen LogP contribution in [-0.2, 0) is 27.1 Å². The number of sulfonamides is 1. The van der Waals surface area contributed by atoms with Crippen LogP contribution in [0.25, 0.3) is 0 Å². The third-order valence-electron chi connectivity index (χ3n) is 6.35. The first-order chi connectivity index (χ1) is 15.4. The van der Waals surface area contributed by atoms with Crippen molar-refractivity contribution in [3.63, 3.8) is 0 Å². The Morgan fingerprint density at radius 2 is 1.50 bits per heavy atom. The first kappa shape index (κ1) is 23.3. The summed E-state index contributed by atoms with van der Waals surface area (Å²) in [6.45, 7) is 3.52. The lowest BCUT2D eigenvalue weighted by Gasteiger charge is -2.30. The highest BCUT2D eigenvalue weighted by atomic mass is 79.9. The van der Waals surface area contributed by atoms with Crippen LogP contribution in [0.3, 0.4) is 0 Å². The number of halogens is 1. The topological polar surface area (TPSA) is 69.7 Å². The van der Waals surface area contributed by atoms with E-state index in [0.717, 1.165) is 28.7 Å². The molecule has 4 rings (SSSR count). The summed E-state index contributed by atoms with van der Waals surface area (Å²) in [7, 11) is -3.38. The third-order valence-corrected chi connectivity index (χ3v) is 8.73. The highest BCUT2D eigenvalue weighted by Gasteiger charge is 2.31. The van der Waals surface area contributed by atoms with Crippen molar-refractivity contribution in [3.05, 3.63) is 64.1 Å². The number of amides is 1. The van der Waals surface area contributed by atoms with E-state index in [1.165, 1.54) is 22.8 Å². The Morgan fingerprint density at radius 1 is 0.906 bits per heavy atom. The van der Waals surface area contributed by atoms with E-state index in [-0.39, 0.29) is 17.6 Å². The summed E-state index contributed by atoms with van der Waals surface area (Å²) < 4.78 is 28.0. The van der Waals surface area contributed by atoms with Crippen molar-refractivity contribution < 1.29 is 13.2 Å². The monoisotopic (exact) mass is 519 g/mol. The molecule has 2 saturated heterocycles. The minimum absolute atomic E-state index is 0.00936. The first-order valence-electron chi connectivity index (χ1n) is 11.2. The molecule has 0 bridgehead atoms. The Balaban J connectivity index is 1.23. The summed E-state index contributed by atoms with van der Waals surface area (Å²) in [5.74, 6) is -0.138. The normalized spacial score (nSPS) is 18.1. The number of benzene rings is 2. The van der Waals surface area contributed by atoms with E-state index in [2.05, 4.69) is 50.4 Å². The Labute approximate surface area is 199 Å². The molecule has 0 aliphatic carbocycles. The fraction of sp³-hybridized carbons (Fsp3) is 0.458. The van der Waals surface area contributed by atoms with Crippen molar-refractivity contribution in [2.45, 2.75) is 38.0 Å². The molecule has 1 N–H and O–H groups in total. The lowest BCUT2D eigenvalue weighted by atomic mass is 9.97. The zero-order valence-corrected chi connectivity index (χ0v) is 20.6. The molecule has 2 aromatic rings. The zero-order chi connectivity index (χ0) is 22.6. The predicted molar refractivity (Wildman–Crippen MR) is 131 cm³/mol. The Hall–Kier alpha value is -1.90. The second kappa shape index (κ2) is 10.4. The second-order valence-corrected chi connectivity index (χ2v) is 11.5. The molecule has 2 aliphatic rings. The number of nitrogens with zero attached hydrogens (tertiary/aromatic N) is 2. The van der Waals surface area contributed by atoms with Gasteiger partial charge in [-0.3, -0.25) is 4.79 Å². The Bertz CT molecular complexity index is 1010. The van der Waals surface area contributed by atoms with Crippen molar-refractivity contribution in [1.82, 2.24) is 9.62 Å². The van der Waals surface area contributed by atoms with Crippen LogP contribution in [0.5, 0.6) is 0 Å². The molecule has 0 spiro atoms. The minimum Gasteiger partial charge on any atom is -0.372 e. The number of carbonyl (C=O) groups excluding carboxylic acids is 1. The molecule has 2 aromatic carbocycles. The van der Waals surface area contributed by atoms with Gasteiger partial charge in [0.05, 0.1) is 5.75 Å². The maximum Gasteiger partial charge on any atom is 0.223 e. The van der Waals surface area contributed by atoms with Crippen molar-refractivity contribution in [1.29, 1.82) is 0 Å². The van der Waals surface area contributed by atoms with Gasteiger partial charge in [0.15, 0.2) is 0 Å². The summed E-state index contributed by atoms with van der Waals surface area (Å²) in [4.78, 5) is 15.0. The van der Waals surface area contributed by atoms with E-state index in [1.54, 1.807) is 0 Å². The van der Waals surface area contributed by atoms with Gasteiger partial charge in [0.1, 0.15) is 0 Å². The summed E-state index contributed by atoms with van der Waals surface area (Å²) in [6.07, 6.45) is 3.61. The van der Waals surface area contributed by atoms with Gasteiger partial charge < -0.3 is 10.2 Å². The maximum absolute atomic E-state index is 12.8. The zero-order valence-electron chi connectivity index (χ0n) is 18.2. The van der Waals surface area contributed by atoms with Crippen molar-refractivity contribution in [2.24, 2.45) is 5.92 Å². The Kier molecular flexibility index (Phi) is 7.53. The average Bonchev–Trinajstić information content (AvgIpc) is 3.34. The molecule has 1 amide bonds. The van der Waals surface area contributed by atoms with Crippen LogP contribution in [0.2, 0.25) is 0 Å². The summed E-state index contributed by atoms with van der Waals surface area (Å²) >= 11 is 3.37. The maximum atomic E-state index is 12.8. The van der Waals surface area contributed by atoms with Crippen LogP contribution >= 0.6 is 15.9 Å². The third kappa shape index (κ3) is 5.91. The van der Waals surface area contributed by atoms with Gasteiger partial charge in [-0.2, -0.15) is 0 Å². The first-order valence-corrected chi connectivity index (χ1v) is 13.6. The van der Waals surface area contributed by atoms with Crippen molar-refractivity contribution in [2.75, 3.05) is 31.1 Å². The summed E-state index contributed by atoms with van der Waals surface area (Å²) in [6, 6.07) is 15.7. The van der Waals surface area contributed by atoms with E-state index in [4.69, 9.17) is 0 Å². The van der Waals surface area contributed by atoms with E-state index in [1.807, 2.05) is 24.3 Å². The van der Waals surface area contributed by atoms with E-state index >= 15 is 0 Å². The lowest BCUT2D eigenvalue weighted by molar-refractivity contribution is -0.126. The fourth-order valence-corrected chi connectivity index (χ4v) is 6.24. The largest absolute Gasteiger partial charge is 0.372 e. The van der Waals surface area contributed by atoms with Crippen molar-refractivity contribution in [3.8, 4) is 0 Å². The molecule has 2 heterocycles. The van der Waals surface area contributed by atoms with Gasteiger partial charge in [-0.25, -0.2) is 12.7 Å². The van der Waals surface area contributed by atoms with Gasteiger partial charge in [0, 0.05) is 48.8 Å². The molecule has 2 fully saturated rings. The molecule has 6 nitrogen and oxygen atoms in total. The average molecular weight is 520 g/mol. The fourth-order valence-electron chi connectivity index (χ4n) is 4.41. The molecular formula is C24H30BrN3O3S. The molecule has 172 valence electrons. The smallest absolute Gasteiger partial charge is 0.223 e. The molecular weight excluding hydrogens is 490 g/mol. The van der Waals surface area contributed by atoms with Gasteiger partial charge >= 0.3 is 0 Å². The molecule has 0 unspecified atom stereocenters. The molecule has 2 aliphatic heterocycles.